The number of piperidine rings is 1. The van der Waals surface area contributed by atoms with Crippen LogP contribution in [0.1, 0.15) is 20.3 Å². The lowest BCUT2D eigenvalue weighted by atomic mass is 9.81. The average molecular weight is 182 g/mol. The summed E-state index contributed by atoms with van der Waals surface area (Å²) in [6.07, 6.45) is 0.611. The van der Waals surface area contributed by atoms with E-state index in [1.54, 1.807) is 13.8 Å². The Morgan fingerprint density at radius 3 is 2.00 bits per heavy atom. The molecule has 1 aliphatic heterocycles. The van der Waals surface area contributed by atoms with Crippen molar-refractivity contribution >= 4 is 12.4 Å². The highest BCUT2D eigenvalue weighted by atomic mass is 35.5. The van der Waals surface area contributed by atoms with Crippen LogP contribution < -0.4 is 5.32 Å². The van der Waals surface area contributed by atoms with E-state index >= 15 is 0 Å². The zero-order valence-corrected chi connectivity index (χ0v) is 7.74. The fourth-order valence-corrected chi connectivity index (χ4v) is 1.12. The summed E-state index contributed by atoms with van der Waals surface area (Å²) in [5.74, 6) is 0. The molecular formula is C7H16ClNO2. The maximum absolute atomic E-state index is 9.61. The van der Waals surface area contributed by atoms with E-state index in [1.165, 1.54) is 0 Å². The second-order valence-electron chi connectivity index (χ2n) is 3.47. The highest BCUT2D eigenvalue weighted by Gasteiger charge is 2.43. The van der Waals surface area contributed by atoms with Crippen molar-refractivity contribution in [2.45, 2.75) is 31.5 Å². The lowest BCUT2D eigenvalue weighted by Gasteiger charge is -2.42. The molecule has 0 aliphatic carbocycles. The molecule has 1 aliphatic rings. The largest absolute Gasteiger partial charge is 0.387 e. The maximum atomic E-state index is 9.61. The molecule has 0 radical (unpaired) electrons. The average Bonchev–Trinajstić information content (AvgIpc) is 1.77. The topological polar surface area (TPSA) is 52.5 Å². The van der Waals surface area contributed by atoms with Crippen molar-refractivity contribution < 1.29 is 10.2 Å². The van der Waals surface area contributed by atoms with Crippen LogP contribution in [0.15, 0.2) is 0 Å². The molecule has 2 atom stereocenters. The molecule has 3 N–H and O–H groups in total. The van der Waals surface area contributed by atoms with Crippen LogP contribution in [0.3, 0.4) is 0 Å². The standard InChI is InChI=1S/C7H15NO2.ClH/c1-6(9)3-4-8-5-7(6,2)10;/h8-10H,3-5H2,1-2H3;1H/t6-,7+;/m1./s1. The van der Waals surface area contributed by atoms with Gasteiger partial charge in [-0.3, -0.25) is 0 Å². The Morgan fingerprint density at radius 1 is 1.18 bits per heavy atom. The molecule has 0 saturated carbocycles. The van der Waals surface area contributed by atoms with E-state index < -0.39 is 11.2 Å². The van der Waals surface area contributed by atoms with Crippen molar-refractivity contribution in [3.63, 3.8) is 0 Å². The van der Waals surface area contributed by atoms with E-state index in [-0.39, 0.29) is 12.4 Å². The minimum absolute atomic E-state index is 0. The third-order valence-corrected chi connectivity index (χ3v) is 2.42. The summed E-state index contributed by atoms with van der Waals surface area (Å²) in [5, 5.41) is 22.2. The molecule has 11 heavy (non-hydrogen) atoms. The van der Waals surface area contributed by atoms with Gasteiger partial charge < -0.3 is 15.5 Å². The van der Waals surface area contributed by atoms with Gasteiger partial charge in [0.05, 0.1) is 5.60 Å². The van der Waals surface area contributed by atoms with Crippen molar-refractivity contribution in [2.24, 2.45) is 0 Å². The van der Waals surface area contributed by atoms with Gasteiger partial charge in [0.1, 0.15) is 5.60 Å². The number of hydrogen-bond donors (Lipinski definition) is 3. The molecule has 0 aromatic heterocycles. The molecule has 1 heterocycles. The SMILES string of the molecule is C[C@]1(O)CNCC[C@@]1(C)O.Cl. The number of nitrogens with one attached hydrogen (secondary N) is 1. The van der Waals surface area contributed by atoms with Gasteiger partial charge in [-0.2, -0.15) is 0 Å². The molecule has 0 spiro atoms. The van der Waals surface area contributed by atoms with Crippen molar-refractivity contribution in [1.29, 1.82) is 0 Å². The summed E-state index contributed by atoms with van der Waals surface area (Å²) in [5.41, 5.74) is -1.91. The molecule has 0 unspecified atom stereocenters. The minimum atomic E-state index is -0.981. The van der Waals surface area contributed by atoms with E-state index in [2.05, 4.69) is 5.32 Å². The van der Waals surface area contributed by atoms with Crippen LogP contribution in [-0.2, 0) is 0 Å². The Kier molecular flexibility index (Phi) is 3.32. The zero-order valence-electron chi connectivity index (χ0n) is 6.92. The fourth-order valence-electron chi connectivity index (χ4n) is 1.12. The highest BCUT2D eigenvalue weighted by Crippen LogP contribution is 2.26. The van der Waals surface area contributed by atoms with E-state index in [0.29, 0.717) is 13.0 Å². The van der Waals surface area contributed by atoms with Gasteiger partial charge in [0.25, 0.3) is 0 Å². The lowest BCUT2D eigenvalue weighted by molar-refractivity contribution is -0.144. The van der Waals surface area contributed by atoms with Crippen molar-refractivity contribution in [3.05, 3.63) is 0 Å². The smallest absolute Gasteiger partial charge is 0.103 e. The molecule has 0 aromatic rings. The molecule has 68 valence electrons. The quantitative estimate of drug-likeness (QED) is 0.490. The van der Waals surface area contributed by atoms with Gasteiger partial charge in [0.15, 0.2) is 0 Å². The molecule has 0 aromatic carbocycles. The highest BCUT2D eigenvalue weighted by molar-refractivity contribution is 5.85. The first-order valence-electron chi connectivity index (χ1n) is 3.61. The van der Waals surface area contributed by atoms with Gasteiger partial charge in [-0.05, 0) is 26.8 Å². The first-order valence-corrected chi connectivity index (χ1v) is 3.61. The molecular weight excluding hydrogens is 166 g/mol. The van der Waals surface area contributed by atoms with Crippen LogP contribution in [0.25, 0.3) is 0 Å². The Labute approximate surface area is 73.2 Å². The normalized spacial score (nSPS) is 44.7. The fraction of sp³-hybridized carbons (Fsp3) is 1.00. The van der Waals surface area contributed by atoms with E-state index in [9.17, 15) is 10.2 Å². The first-order chi connectivity index (χ1) is 4.46. The summed E-state index contributed by atoms with van der Waals surface area (Å²) in [7, 11) is 0. The Hall–Kier alpha value is 0.170. The molecule has 0 bridgehead atoms. The third-order valence-electron chi connectivity index (χ3n) is 2.42. The molecule has 4 heteroatoms. The summed E-state index contributed by atoms with van der Waals surface area (Å²) in [4.78, 5) is 0. The molecule has 0 amide bonds. The molecule has 1 fully saturated rings. The monoisotopic (exact) mass is 181 g/mol. The third kappa shape index (κ3) is 2.06. The van der Waals surface area contributed by atoms with Crippen LogP contribution in [0.4, 0.5) is 0 Å². The second kappa shape index (κ2) is 3.27. The van der Waals surface area contributed by atoms with Gasteiger partial charge in [-0.1, -0.05) is 0 Å². The second-order valence-corrected chi connectivity index (χ2v) is 3.47. The molecule has 1 rings (SSSR count). The summed E-state index contributed by atoms with van der Waals surface area (Å²) in [6, 6.07) is 0. The van der Waals surface area contributed by atoms with Crippen LogP contribution >= 0.6 is 12.4 Å². The summed E-state index contributed by atoms with van der Waals surface area (Å²) < 4.78 is 0. The van der Waals surface area contributed by atoms with Gasteiger partial charge in [0.2, 0.25) is 0 Å². The van der Waals surface area contributed by atoms with Crippen molar-refractivity contribution in [2.75, 3.05) is 13.1 Å². The predicted molar refractivity (Wildman–Crippen MR) is 46.0 cm³/mol. The van der Waals surface area contributed by atoms with Gasteiger partial charge in [0, 0.05) is 6.54 Å². The maximum Gasteiger partial charge on any atom is 0.103 e. The Morgan fingerprint density at radius 2 is 1.73 bits per heavy atom. The van der Waals surface area contributed by atoms with Crippen LogP contribution in [0.5, 0.6) is 0 Å². The predicted octanol–water partition coefficient (Wildman–Crippen LogP) is -0.0965. The van der Waals surface area contributed by atoms with Crippen LogP contribution in [0, 0.1) is 0 Å². The van der Waals surface area contributed by atoms with Crippen LogP contribution in [0.2, 0.25) is 0 Å². The van der Waals surface area contributed by atoms with Crippen molar-refractivity contribution in [3.8, 4) is 0 Å². The van der Waals surface area contributed by atoms with E-state index in [0.717, 1.165) is 6.54 Å². The Bertz CT molecular complexity index is 120. The van der Waals surface area contributed by atoms with E-state index in [1.807, 2.05) is 0 Å². The number of aliphatic hydroxyl groups is 2. The van der Waals surface area contributed by atoms with E-state index in [4.69, 9.17) is 0 Å². The first kappa shape index (κ1) is 11.2. The summed E-state index contributed by atoms with van der Waals surface area (Å²) in [6.45, 7) is 4.58. The number of rotatable bonds is 0. The lowest BCUT2D eigenvalue weighted by Crippen LogP contribution is -2.60. The molecule has 1 saturated heterocycles. The number of halogens is 1. The zero-order chi connectivity index (χ0) is 7.83. The number of β-amino-alcohol motifs (C(OH)–C–C–N with tert-alkyl or cyclic N) is 1. The summed E-state index contributed by atoms with van der Waals surface area (Å²) >= 11 is 0. The van der Waals surface area contributed by atoms with Crippen molar-refractivity contribution in [1.82, 2.24) is 5.32 Å². The Balaban J connectivity index is 0.000001000. The van der Waals surface area contributed by atoms with Crippen LogP contribution in [-0.4, -0.2) is 34.5 Å². The molecule has 3 nitrogen and oxygen atoms in total. The van der Waals surface area contributed by atoms with Gasteiger partial charge in [-0.15, -0.1) is 12.4 Å². The minimum Gasteiger partial charge on any atom is -0.387 e. The van der Waals surface area contributed by atoms with Gasteiger partial charge >= 0.3 is 0 Å². The van der Waals surface area contributed by atoms with Gasteiger partial charge in [-0.25, -0.2) is 0 Å². The number of hydrogen-bond acceptors (Lipinski definition) is 3.